The zero-order valence-corrected chi connectivity index (χ0v) is 19.6. The van der Waals surface area contributed by atoms with Gasteiger partial charge in [0.25, 0.3) is 5.91 Å². The van der Waals surface area contributed by atoms with Crippen molar-refractivity contribution in [3.8, 4) is 22.8 Å². The standard InChI is InChI=1S/C24H27N3O4S/c1-14(2)20(25-22(28)17-11-18(30-4)13-19(12-17)31-5)23(29)27-24-26-21(15(3)32-24)16-9-7-6-8-10-16/h6-14,20H,1-5H3,(H,25,28)(H,26,27,29). The van der Waals surface area contributed by atoms with Crippen LogP contribution >= 0.6 is 11.3 Å². The van der Waals surface area contributed by atoms with Crippen molar-refractivity contribution in [2.24, 2.45) is 5.92 Å². The Hall–Kier alpha value is -3.39. The van der Waals surface area contributed by atoms with Gasteiger partial charge < -0.3 is 20.1 Å². The van der Waals surface area contributed by atoms with Crippen LogP contribution in [0.25, 0.3) is 11.3 Å². The van der Waals surface area contributed by atoms with Crippen molar-refractivity contribution in [1.82, 2.24) is 10.3 Å². The molecule has 0 bridgehead atoms. The van der Waals surface area contributed by atoms with Crippen molar-refractivity contribution >= 4 is 28.3 Å². The molecule has 2 amide bonds. The molecule has 3 aromatic rings. The highest BCUT2D eigenvalue weighted by molar-refractivity contribution is 7.16. The molecule has 168 valence electrons. The number of carbonyl (C=O) groups excluding carboxylic acids is 2. The number of hydrogen-bond donors (Lipinski definition) is 2. The van der Waals surface area contributed by atoms with Gasteiger partial charge in [-0.05, 0) is 25.0 Å². The van der Waals surface area contributed by atoms with Crippen molar-refractivity contribution in [2.45, 2.75) is 26.8 Å². The topological polar surface area (TPSA) is 89.5 Å². The summed E-state index contributed by atoms with van der Waals surface area (Å²) in [5, 5.41) is 6.18. The summed E-state index contributed by atoms with van der Waals surface area (Å²) in [7, 11) is 3.03. The fourth-order valence-electron chi connectivity index (χ4n) is 3.19. The molecular formula is C24H27N3O4S. The van der Waals surface area contributed by atoms with Gasteiger partial charge in [-0.2, -0.15) is 0 Å². The van der Waals surface area contributed by atoms with E-state index in [4.69, 9.17) is 9.47 Å². The fourth-order valence-corrected chi connectivity index (χ4v) is 4.03. The predicted molar refractivity (Wildman–Crippen MR) is 127 cm³/mol. The lowest BCUT2D eigenvalue weighted by Crippen LogP contribution is -2.47. The third-order valence-electron chi connectivity index (χ3n) is 4.92. The first-order valence-corrected chi connectivity index (χ1v) is 11.0. The number of thiazole rings is 1. The van der Waals surface area contributed by atoms with Gasteiger partial charge in [-0.15, -0.1) is 11.3 Å². The monoisotopic (exact) mass is 453 g/mol. The van der Waals surface area contributed by atoms with Crippen molar-refractivity contribution in [3.63, 3.8) is 0 Å². The molecular weight excluding hydrogens is 426 g/mol. The molecule has 1 unspecified atom stereocenters. The van der Waals surface area contributed by atoms with Crippen LogP contribution < -0.4 is 20.1 Å². The molecule has 2 N–H and O–H groups in total. The number of nitrogens with one attached hydrogen (secondary N) is 2. The zero-order valence-electron chi connectivity index (χ0n) is 18.8. The summed E-state index contributed by atoms with van der Waals surface area (Å²) >= 11 is 1.40. The number of aromatic nitrogens is 1. The summed E-state index contributed by atoms with van der Waals surface area (Å²) in [4.78, 5) is 31.5. The minimum absolute atomic E-state index is 0.138. The Kier molecular flexibility index (Phi) is 7.48. The molecule has 0 spiro atoms. The average molecular weight is 454 g/mol. The number of carbonyl (C=O) groups is 2. The maximum atomic E-state index is 13.0. The van der Waals surface area contributed by atoms with Crippen molar-refractivity contribution in [2.75, 3.05) is 19.5 Å². The molecule has 2 aromatic carbocycles. The van der Waals surface area contributed by atoms with E-state index in [9.17, 15) is 9.59 Å². The van der Waals surface area contributed by atoms with Gasteiger partial charge in [0, 0.05) is 22.1 Å². The van der Waals surface area contributed by atoms with Crippen LogP contribution in [0.3, 0.4) is 0 Å². The van der Waals surface area contributed by atoms with Gasteiger partial charge in [-0.1, -0.05) is 44.2 Å². The summed E-state index contributed by atoms with van der Waals surface area (Å²) in [5.41, 5.74) is 2.16. The number of methoxy groups -OCH3 is 2. The van der Waals surface area contributed by atoms with E-state index in [1.807, 2.05) is 51.1 Å². The van der Waals surface area contributed by atoms with Crippen LogP contribution in [-0.2, 0) is 4.79 Å². The predicted octanol–water partition coefficient (Wildman–Crippen LogP) is 4.53. The van der Waals surface area contributed by atoms with E-state index >= 15 is 0 Å². The Labute approximate surface area is 191 Å². The molecule has 3 rings (SSSR count). The zero-order chi connectivity index (χ0) is 23.3. The second kappa shape index (κ2) is 10.3. The Balaban J connectivity index is 1.76. The van der Waals surface area contributed by atoms with Crippen LogP contribution in [0, 0.1) is 12.8 Å². The van der Waals surface area contributed by atoms with Crippen LogP contribution in [0.1, 0.15) is 29.1 Å². The van der Waals surface area contributed by atoms with Crippen molar-refractivity contribution in [1.29, 1.82) is 0 Å². The van der Waals surface area contributed by atoms with Crippen LogP contribution in [0.4, 0.5) is 5.13 Å². The molecule has 32 heavy (non-hydrogen) atoms. The summed E-state index contributed by atoms with van der Waals surface area (Å²) in [5.74, 6) is 0.132. The van der Waals surface area contributed by atoms with Gasteiger partial charge in [0.05, 0.1) is 19.9 Å². The Morgan fingerprint density at radius 2 is 1.62 bits per heavy atom. The number of anilines is 1. The first-order chi connectivity index (χ1) is 15.3. The number of rotatable bonds is 8. The third-order valence-corrected chi connectivity index (χ3v) is 5.81. The summed E-state index contributed by atoms with van der Waals surface area (Å²) in [6.45, 7) is 5.71. The van der Waals surface area contributed by atoms with Gasteiger partial charge >= 0.3 is 0 Å². The number of nitrogens with zero attached hydrogens (tertiary/aromatic N) is 1. The largest absolute Gasteiger partial charge is 0.497 e. The maximum Gasteiger partial charge on any atom is 0.252 e. The molecule has 1 atom stereocenters. The molecule has 1 aromatic heterocycles. The van der Waals surface area contributed by atoms with E-state index in [1.165, 1.54) is 25.6 Å². The Bertz CT molecular complexity index is 1070. The van der Waals surface area contributed by atoms with E-state index in [2.05, 4.69) is 15.6 Å². The normalized spacial score (nSPS) is 11.7. The van der Waals surface area contributed by atoms with Crippen LogP contribution in [0.5, 0.6) is 11.5 Å². The van der Waals surface area contributed by atoms with Gasteiger partial charge in [-0.3, -0.25) is 9.59 Å². The van der Waals surface area contributed by atoms with E-state index in [0.717, 1.165) is 16.1 Å². The molecule has 7 nitrogen and oxygen atoms in total. The number of hydrogen-bond acceptors (Lipinski definition) is 6. The average Bonchev–Trinajstić information content (AvgIpc) is 3.16. The molecule has 0 fully saturated rings. The number of amides is 2. The summed E-state index contributed by atoms with van der Waals surface area (Å²) in [6, 6.07) is 13.9. The third kappa shape index (κ3) is 5.45. The lowest BCUT2D eigenvalue weighted by atomic mass is 10.0. The smallest absolute Gasteiger partial charge is 0.252 e. The molecule has 8 heteroatoms. The first kappa shape index (κ1) is 23.3. The quantitative estimate of drug-likeness (QED) is 0.523. The maximum absolute atomic E-state index is 13.0. The number of benzene rings is 2. The Morgan fingerprint density at radius 3 is 2.19 bits per heavy atom. The molecule has 0 saturated carbocycles. The molecule has 1 heterocycles. The highest BCUT2D eigenvalue weighted by Gasteiger charge is 2.26. The summed E-state index contributed by atoms with van der Waals surface area (Å²) in [6.07, 6.45) is 0. The summed E-state index contributed by atoms with van der Waals surface area (Å²) < 4.78 is 10.5. The van der Waals surface area contributed by atoms with Gasteiger partial charge in [0.2, 0.25) is 5.91 Å². The Morgan fingerprint density at radius 1 is 1.00 bits per heavy atom. The lowest BCUT2D eigenvalue weighted by molar-refractivity contribution is -0.118. The minimum Gasteiger partial charge on any atom is -0.497 e. The van der Waals surface area contributed by atoms with E-state index in [1.54, 1.807) is 18.2 Å². The van der Waals surface area contributed by atoms with Crippen LogP contribution in [0.15, 0.2) is 48.5 Å². The molecule has 0 radical (unpaired) electrons. The van der Waals surface area contributed by atoms with E-state index < -0.39 is 11.9 Å². The fraction of sp³-hybridized carbons (Fsp3) is 0.292. The van der Waals surface area contributed by atoms with Crippen LogP contribution in [-0.4, -0.2) is 37.1 Å². The highest BCUT2D eigenvalue weighted by atomic mass is 32.1. The molecule has 0 saturated heterocycles. The number of ether oxygens (including phenoxy) is 2. The first-order valence-electron chi connectivity index (χ1n) is 10.2. The SMILES string of the molecule is COc1cc(OC)cc(C(=O)NC(C(=O)Nc2nc(-c3ccccc3)c(C)s2)C(C)C)c1. The minimum atomic E-state index is -0.746. The van der Waals surface area contributed by atoms with E-state index in [-0.39, 0.29) is 11.8 Å². The van der Waals surface area contributed by atoms with Crippen molar-refractivity contribution in [3.05, 3.63) is 59.0 Å². The second-order valence-corrected chi connectivity index (χ2v) is 8.78. The van der Waals surface area contributed by atoms with E-state index in [0.29, 0.717) is 22.2 Å². The lowest BCUT2D eigenvalue weighted by Gasteiger charge is -2.21. The molecule has 0 aliphatic carbocycles. The van der Waals surface area contributed by atoms with Gasteiger partial charge in [0.1, 0.15) is 17.5 Å². The number of aryl methyl sites for hydroxylation is 1. The van der Waals surface area contributed by atoms with Crippen LogP contribution in [0.2, 0.25) is 0 Å². The second-order valence-electron chi connectivity index (χ2n) is 7.58. The molecule has 0 aliphatic rings. The van der Waals surface area contributed by atoms with Gasteiger partial charge in [0.15, 0.2) is 5.13 Å². The van der Waals surface area contributed by atoms with Crippen molar-refractivity contribution < 1.29 is 19.1 Å². The highest BCUT2D eigenvalue weighted by Crippen LogP contribution is 2.30. The molecule has 0 aliphatic heterocycles. The van der Waals surface area contributed by atoms with Gasteiger partial charge in [-0.25, -0.2) is 4.98 Å².